The summed E-state index contributed by atoms with van der Waals surface area (Å²) >= 11 is 0. The number of rotatable bonds is 0. The second kappa shape index (κ2) is 8.08. The van der Waals surface area contributed by atoms with Gasteiger partial charge in [0.25, 0.3) is 0 Å². The first kappa shape index (κ1) is 13.7. The molecule has 0 unspecified atom stereocenters. The van der Waals surface area contributed by atoms with Gasteiger partial charge in [0.1, 0.15) is 0 Å². The Hall–Kier alpha value is -0.266. The summed E-state index contributed by atoms with van der Waals surface area (Å²) in [5, 5.41) is 2.27. The van der Waals surface area contributed by atoms with Gasteiger partial charge in [-0.1, -0.05) is 18.3 Å². The molecule has 2 heteroatoms. The Morgan fingerprint density at radius 2 is 1.79 bits per heavy atom. The number of hydrogen-bond acceptors (Lipinski definition) is 1. The third-order valence-corrected chi connectivity index (χ3v) is 1.47. The number of aromatic nitrogens is 1. The molecule has 2 aromatic rings. The molecule has 0 bridgehead atoms. The molecule has 0 aliphatic rings. The number of hydrogen-bond donors (Lipinski definition) is 0. The zero-order chi connectivity index (χ0) is 9.52. The van der Waals surface area contributed by atoms with Gasteiger partial charge in [-0.15, -0.1) is 29.0 Å². The van der Waals surface area contributed by atoms with Crippen molar-refractivity contribution >= 4 is 10.8 Å². The quantitative estimate of drug-likeness (QED) is 0.662. The molecule has 0 saturated carbocycles. The number of pyridine rings is 1. The van der Waals surface area contributed by atoms with E-state index < -0.39 is 0 Å². The molecule has 0 aliphatic heterocycles. The predicted molar refractivity (Wildman–Crippen MR) is 56.2 cm³/mol. The van der Waals surface area contributed by atoms with Gasteiger partial charge >= 0.3 is 0 Å². The maximum absolute atomic E-state index is 3.89. The fourth-order valence-electron chi connectivity index (χ4n) is 0.969. The van der Waals surface area contributed by atoms with Gasteiger partial charge in [-0.25, -0.2) is 0 Å². The zero-order valence-corrected chi connectivity index (χ0v) is 11.4. The van der Waals surface area contributed by atoms with Crippen molar-refractivity contribution in [2.24, 2.45) is 0 Å². The number of fused-ring (bicyclic) bond motifs is 1. The van der Waals surface area contributed by atoms with Gasteiger partial charge in [0.05, 0.1) is 0 Å². The Balaban J connectivity index is 0.000000381. The second-order valence-electron chi connectivity index (χ2n) is 2.72. The SMILES string of the molecule is C[CH-]C.[Y].[c-]1nccc2ccccc12. The van der Waals surface area contributed by atoms with Crippen LogP contribution in [-0.2, 0) is 32.7 Å². The van der Waals surface area contributed by atoms with E-state index in [1.807, 2.05) is 50.6 Å². The van der Waals surface area contributed by atoms with Crippen molar-refractivity contribution in [1.82, 2.24) is 4.98 Å². The first-order chi connectivity index (χ1) is 6.38. The molecular formula is C12H13NY-2. The maximum Gasteiger partial charge on any atom is 0 e. The molecule has 0 atom stereocenters. The molecule has 1 radical (unpaired) electrons. The van der Waals surface area contributed by atoms with Crippen molar-refractivity contribution in [2.75, 3.05) is 0 Å². The van der Waals surface area contributed by atoms with Crippen LogP contribution in [-0.4, -0.2) is 4.98 Å². The Morgan fingerprint density at radius 1 is 1.14 bits per heavy atom. The van der Waals surface area contributed by atoms with Crippen LogP contribution in [0.25, 0.3) is 10.8 Å². The molecule has 1 aromatic carbocycles. The summed E-state index contributed by atoms with van der Waals surface area (Å²) < 4.78 is 0. The standard InChI is InChI=1S/C9H6N.C3H7.Y/c1-2-4-9-7-10-6-5-8(9)3-1;1-3-2;/h1-6H;3H,1-2H3;/q2*-1;. The van der Waals surface area contributed by atoms with E-state index >= 15 is 0 Å². The Kier molecular flexibility index (Phi) is 7.92. The minimum absolute atomic E-state index is 0. The van der Waals surface area contributed by atoms with E-state index in [1.54, 1.807) is 6.20 Å². The fourth-order valence-corrected chi connectivity index (χ4v) is 0.969. The molecule has 14 heavy (non-hydrogen) atoms. The van der Waals surface area contributed by atoms with Crippen LogP contribution in [0.1, 0.15) is 13.8 Å². The minimum Gasteiger partial charge on any atom is -0.360 e. The molecule has 71 valence electrons. The van der Waals surface area contributed by atoms with E-state index in [0.29, 0.717) is 0 Å². The van der Waals surface area contributed by atoms with Gasteiger partial charge in [-0.2, -0.15) is 13.8 Å². The summed E-state index contributed by atoms with van der Waals surface area (Å²) in [6.45, 7) is 4.00. The largest absolute Gasteiger partial charge is 0.360 e. The third kappa shape index (κ3) is 4.30. The predicted octanol–water partition coefficient (Wildman–Crippen LogP) is 3.26. The zero-order valence-electron chi connectivity index (χ0n) is 8.57. The van der Waals surface area contributed by atoms with Gasteiger partial charge in [0.2, 0.25) is 0 Å². The van der Waals surface area contributed by atoms with Gasteiger partial charge in [0, 0.05) is 32.7 Å². The van der Waals surface area contributed by atoms with E-state index in [0.717, 1.165) is 5.39 Å². The molecule has 1 nitrogen and oxygen atoms in total. The molecule has 0 aliphatic carbocycles. The first-order valence-electron chi connectivity index (χ1n) is 4.34. The van der Waals surface area contributed by atoms with Crippen LogP contribution >= 0.6 is 0 Å². The van der Waals surface area contributed by atoms with Crippen molar-refractivity contribution in [2.45, 2.75) is 13.8 Å². The molecule has 0 amide bonds. The summed E-state index contributed by atoms with van der Waals surface area (Å²) in [4.78, 5) is 3.89. The van der Waals surface area contributed by atoms with E-state index in [9.17, 15) is 0 Å². The topological polar surface area (TPSA) is 12.9 Å². The Morgan fingerprint density at radius 3 is 2.43 bits per heavy atom. The van der Waals surface area contributed by atoms with Crippen LogP contribution in [0.5, 0.6) is 0 Å². The smallest absolute Gasteiger partial charge is 0 e. The average Bonchev–Trinajstić information content (AvgIpc) is 2.19. The van der Waals surface area contributed by atoms with Crippen LogP contribution in [0.2, 0.25) is 0 Å². The third-order valence-electron chi connectivity index (χ3n) is 1.47. The first-order valence-corrected chi connectivity index (χ1v) is 4.34. The molecule has 2 rings (SSSR count). The fraction of sp³-hybridized carbons (Fsp3) is 0.167. The Labute approximate surface area is 111 Å². The molecule has 1 aromatic heterocycles. The van der Waals surface area contributed by atoms with E-state index in [-0.39, 0.29) is 32.7 Å². The van der Waals surface area contributed by atoms with Crippen molar-refractivity contribution in [3.63, 3.8) is 0 Å². The van der Waals surface area contributed by atoms with E-state index in [1.165, 1.54) is 5.39 Å². The molecular weight excluding hydrogens is 247 g/mol. The van der Waals surface area contributed by atoms with Crippen molar-refractivity contribution in [3.8, 4) is 0 Å². The van der Waals surface area contributed by atoms with Gasteiger partial charge < -0.3 is 11.4 Å². The van der Waals surface area contributed by atoms with Crippen LogP contribution in [0.3, 0.4) is 0 Å². The molecule has 0 fully saturated rings. The molecule has 0 saturated heterocycles. The summed E-state index contributed by atoms with van der Waals surface area (Å²) in [7, 11) is 0. The van der Waals surface area contributed by atoms with Gasteiger partial charge in [-0.3, -0.25) is 0 Å². The van der Waals surface area contributed by atoms with Gasteiger partial charge in [-0.05, 0) is 6.20 Å². The Bertz CT molecular complexity index is 295. The summed E-state index contributed by atoms with van der Waals surface area (Å²) in [6, 6.07) is 10.0. The van der Waals surface area contributed by atoms with Crippen LogP contribution in [0.4, 0.5) is 0 Å². The summed E-state index contributed by atoms with van der Waals surface area (Å²) in [5.74, 6) is 0. The van der Waals surface area contributed by atoms with Crippen LogP contribution in [0, 0.1) is 12.6 Å². The van der Waals surface area contributed by atoms with E-state index in [2.05, 4.69) is 11.2 Å². The van der Waals surface area contributed by atoms with Crippen LogP contribution in [0.15, 0.2) is 36.5 Å². The summed E-state index contributed by atoms with van der Waals surface area (Å²) in [5.41, 5.74) is 0. The number of benzene rings is 1. The normalized spacial score (nSPS) is 8.43. The van der Waals surface area contributed by atoms with Crippen molar-refractivity contribution < 1.29 is 32.7 Å². The van der Waals surface area contributed by atoms with E-state index in [4.69, 9.17) is 0 Å². The summed E-state index contributed by atoms with van der Waals surface area (Å²) in [6.07, 6.45) is 6.65. The van der Waals surface area contributed by atoms with Gasteiger partial charge in [0.15, 0.2) is 0 Å². The average molecular weight is 260 g/mol. The minimum atomic E-state index is 0. The number of nitrogens with zero attached hydrogens (tertiary/aromatic N) is 1. The monoisotopic (exact) mass is 260 g/mol. The van der Waals surface area contributed by atoms with Crippen LogP contribution < -0.4 is 0 Å². The second-order valence-corrected chi connectivity index (χ2v) is 2.72. The van der Waals surface area contributed by atoms with Crippen molar-refractivity contribution in [3.05, 3.63) is 49.1 Å². The maximum atomic E-state index is 3.89. The molecule has 1 heterocycles. The molecule has 0 N–H and O–H groups in total. The van der Waals surface area contributed by atoms with Crippen molar-refractivity contribution in [1.29, 1.82) is 0 Å². The molecule has 0 spiro atoms.